The summed E-state index contributed by atoms with van der Waals surface area (Å²) in [6, 6.07) is -0.343. The van der Waals surface area contributed by atoms with E-state index < -0.39 is 6.04 Å². The second-order valence-corrected chi connectivity index (χ2v) is 17.1. The van der Waals surface area contributed by atoms with Crippen LogP contribution in [0.5, 0.6) is 0 Å². The lowest BCUT2D eigenvalue weighted by Crippen LogP contribution is -2.55. The Morgan fingerprint density at radius 1 is 0.630 bits per heavy atom. The molecule has 1 saturated heterocycles. The first kappa shape index (κ1) is 48.5. The van der Waals surface area contributed by atoms with Gasteiger partial charge in [0.25, 0.3) is 5.91 Å². The van der Waals surface area contributed by atoms with E-state index >= 15 is 0 Å². The van der Waals surface area contributed by atoms with Crippen LogP contribution in [0.3, 0.4) is 0 Å². The Morgan fingerprint density at radius 3 is 1.59 bits per heavy atom. The first-order chi connectivity index (χ1) is 26.4. The van der Waals surface area contributed by atoms with Crippen LogP contribution in [0.1, 0.15) is 213 Å². The van der Waals surface area contributed by atoms with Crippen LogP contribution in [-0.2, 0) is 19.1 Å². The molecule has 0 aromatic heterocycles. The highest BCUT2D eigenvalue weighted by Crippen LogP contribution is 2.20. The monoisotopic (exact) mass is 761 g/mol. The van der Waals surface area contributed by atoms with Crippen LogP contribution in [0.15, 0.2) is 0 Å². The smallest absolute Gasteiger partial charge is 0.306 e. The summed E-state index contributed by atoms with van der Waals surface area (Å²) >= 11 is 0. The third kappa shape index (κ3) is 24.8. The number of piperazine rings is 1. The molecule has 2 amide bonds. The lowest BCUT2D eigenvalue weighted by atomic mass is 10.0. The number of likely N-dealkylation sites (N-methyl/N-ethyl adjacent to an activating group) is 1. The number of carbonyl (C=O) groups excluding carboxylic acids is 3. The average Bonchev–Trinajstić information content (AvgIpc) is 3.45. The van der Waals surface area contributed by atoms with Crippen LogP contribution in [0, 0.1) is 0 Å². The minimum Gasteiger partial charge on any atom is -0.456 e. The van der Waals surface area contributed by atoms with Crippen LogP contribution in [0.4, 0.5) is 0 Å². The predicted molar refractivity (Wildman–Crippen MR) is 227 cm³/mol. The number of nitrogens with zero attached hydrogens (tertiary/aromatic N) is 3. The molecule has 0 bridgehead atoms. The molecular weight excluding hydrogens is 673 g/mol. The highest BCUT2D eigenvalue weighted by atomic mass is 16.5. The van der Waals surface area contributed by atoms with E-state index in [1.54, 1.807) is 4.90 Å². The fraction of sp³-hybridized carbons (Fsp3) is 0.935. The van der Waals surface area contributed by atoms with Gasteiger partial charge in [0.2, 0.25) is 5.91 Å². The molecule has 1 heterocycles. The van der Waals surface area contributed by atoms with Crippen LogP contribution in [0.25, 0.3) is 0 Å². The Bertz CT molecular complexity index is 916. The normalized spacial score (nSPS) is 16.6. The van der Waals surface area contributed by atoms with Crippen molar-refractivity contribution in [3.05, 3.63) is 0 Å². The van der Waals surface area contributed by atoms with Crippen LogP contribution in [0.2, 0.25) is 0 Å². The molecule has 2 aliphatic rings. The fourth-order valence-corrected chi connectivity index (χ4v) is 8.33. The molecule has 1 aliphatic carbocycles. The number of rotatable bonds is 33. The van der Waals surface area contributed by atoms with Crippen molar-refractivity contribution < 1.29 is 19.1 Å². The van der Waals surface area contributed by atoms with E-state index in [-0.39, 0.29) is 30.4 Å². The molecule has 1 saturated carbocycles. The van der Waals surface area contributed by atoms with Gasteiger partial charge in [-0.1, -0.05) is 181 Å². The summed E-state index contributed by atoms with van der Waals surface area (Å²) in [7, 11) is 2.15. The van der Waals surface area contributed by atoms with Gasteiger partial charge in [-0.2, -0.15) is 0 Å². The summed E-state index contributed by atoms with van der Waals surface area (Å²) < 4.78 is 5.62. The van der Waals surface area contributed by atoms with Crippen molar-refractivity contribution in [3.63, 3.8) is 0 Å². The zero-order valence-electron chi connectivity index (χ0n) is 36.0. The zero-order chi connectivity index (χ0) is 38.9. The van der Waals surface area contributed by atoms with Gasteiger partial charge >= 0.3 is 5.97 Å². The Hall–Kier alpha value is -1.67. The van der Waals surface area contributed by atoms with E-state index in [0.29, 0.717) is 19.4 Å². The fourth-order valence-electron chi connectivity index (χ4n) is 8.33. The number of carbonyl (C=O) groups is 3. The summed E-state index contributed by atoms with van der Waals surface area (Å²) in [6.07, 6.45) is 36.5. The third-order valence-electron chi connectivity index (χ3n) is 12.1. The maximum absolute atomic E-state index is 14.1. The molecule has 2 fully saturated rings. The summed E-state index contributed by atoms with van der Waals surface area (Å²) in [6.45, 7) is 9.42. The molecule has 1 atom stereocenters. The molecule has 8 heteroatoms. The first-order valence-electron chi connectivity index (χ1n) is 23.6. The minimum atomic E-state index is -0.526. The summed E-state index contributed by atoms with van der Waals surface area (Å²) in [5, 5.41) is 3.40. The van der Waals surface area contributed by atoms with E-state index in [9.17, 15) is 14.4 Å². The van der Waals surface area contributed by atoms with Gasteiger partial charge < -0.3 is 19.9 Å². The Morgan fingerprint density at radius 2 is 1.09 bits per heavy atom. The maximum atomic E-state index is 14.1. The number of hydrogen-bond donors (Lipinski definition) is 1. The number of ether oxygens (including phenoxy) is 1. The number of unbranched alkanes of at least 4 members (excludes halogenated alkanes) is 21. The lowest BCUT2D eigenvalue weighted by Gasteiger charge is -2.36. The molecule has 1 aliphatic heterocycles. The number of nitrogens with one attached hydrogen (secondary N) is 1. The van der Waals surface area contributed by atoms with Crippen molar-refractivity contribution in [2.45, 2.75) is 225 Å². The van der Waals surface area contributed by atoms with Gasteiger partial charge in [0.15, 0.2) is 6.61 Å². The molecule has 2 rings (SSSR count). The SMILES string of the molecule is CCCCCCCCCCCCCCCC(=O)OCC(=O)N(CCN1CCN(C)CC1)C(CCCCCCCCCCCC)C(=O)NC1CCCCCC1. The summed E-state index contributed by atoms with van der Waals surface area (Å²) in [5.74, 6) is -0.529. The largest absolute Gasteiger partial charge is 0.456 e. The Balaban J connectivity index is 1.89. The standard InChI is InChI=1S/C46H88N4O4/c1-4-6-8-10-12-14-16-17-18-20-22-24-30-34-45(52)54-41-44(51)50(40-39-49-37-35-48(3)36-38-49)43(46(53)47-42-31-27-25-26-28-32-42)33-29-23-21-19-15-13-11-9-7-5-2/h42-43H,4-41H2,1-3H3,(H,47,53). The molecule has 0 radical (unpaired) electrons. The minimum absolute atomic E-state index is 0.0112. The topological polar surface area (TPSA) is 82.2 Å². The van der Waals surface area contributed by atoms with Crippen molar-refractivity contribution in [1.82, 2.24) is 20.0 Å². The van der Waals surface area contributed by atoms with Gasteiger partial charge in [0.1, 0.15) is 6.04 Å². The van der Waals surface area contributed by atoms with Crippen molar-refractivity contribution in [1.29, 1.82) is 0 Å². The Labute approximate surface area is 334 Å². The average molecular weight is 761 g/mol. The van der Waals surface area contributed by atoms with Crippen molar-refractivity contribution >= 4 is 17.8 Å². The summed E-state index contributed by atoms with van der Waals surface area (Å²) in [4.78, 5) is 47.4. The number of hydrogen-bond acceptors (Lipinski definition) is 6. The van der Waals surface area contributed by atoms with Crippen molar-refractivity contribution in [3.8, 4) is 0 Å². The molecule has 316 valence electrons. The second kappa shape index (κ2) is 33.5. The van der Waals surface area contributed by atoms with Gasteiger partial charge in [0.05, 0.1) is 0 Å². The number of amides is 2. The molecule has 1 N–H and O–H groups in total. The van der Waals surface area contributed by atoms with E-state index in [4.69, 9.17) is 4.74 Å². The third-order valence-corrected chi connectivity index (χ3v) is 12.1. The lowest BCUT2D eigenvalue weighted by molar-refractivity contribution is -0.154. The predicted octanol–water partition coefficient (Wildman–Crippen LogP) is 10.6. The quantitative estimate of drug-likeness (QED) is 0.0407. The van der Waals surface area contributed by atoms with E-state index in [1.807, 2.05) is 0 Å². The van der Waals surface area contributed by atoms with Crippen LogP contribution >= 0.6 is 0 Å². The Kier molecular flexibility index (Phi) is 30.0. The van der Waals surface area contributed by atoms with Gasteiger partial charge in [-0.05, 0) is 32.7 Å². The van der Waals surface area contributed by atoms with Gasteiger partial charge in [-0.3, -0.25) is 19.3 Å². The molecule has 1 unspecified atom stereocenters. The molecule has 8 nitrogen and oxygen atoms in total. The van der Waals surface area contributed by atoms with Crippen LogP contribution in [-0.4, -0.2) is 97.5 Å². The zero-order valence-corrected chi connectivity index (χ0v) is 36.0. The van der Waals surface area contributed by atoms with Gasteiger partial charge in [0, 0.05) is 51.7 Å². The molecule has 54 heavy (non-hydrogen) atoms. The van der Waals surface area contributed by atoms with Gasteiger partial charge in [-0.25, -0.2) is 0 Å². The van der Waals surface area contributed by atoms with E-state index in [2.05, 4.69) is 36.0 Å². The van der Waals surface area contributed by atoms with Crippen molar-refractivity contribution in [2.24, 2.45) is 0 Å². The second-order valence-electron chi connectivity index (χ2n) is 17.1. The molecule has 0 aromatic carbocycles. The van der Waals surface area contributed by atoms with Crippen molar-refractivity contribution in [2.75, 3.05) is 52.9 Å². The van der Waals surface area contributed by atoms with E-state index in [0.717, 1.165) is 90.5 Å². The highest BCUT2D eigenvalue weighted by molar-refractivity contribution is 5.89. The first-order valence-corrected chi connectivity index (χ1v) is 23.6. The summed E-state index contributed by atoms with van der Waals surface area (Å²) in [5.41, 5.74) is 0. The maximum Gasteiger partial charge on any atom is 0.306 e. The van der Waals surface area contributed by atoms with Gasteiger partial charge in [-0.15, -0.1) is 0 Å². The van der Waals surface area contributed by atoms with E-state index in [1.165, 1.54) is 128 Å². The molecular formula is C46H88N4O4. The number of esters is 1. The highest BCUT2D eigenvalue weighted by Gasteiger charge is 2.32. The van der Waals surface area contributed by atoms with Crippen LogP contribution < -0.4 is 5.32 Å². The molecule has 0 aromatic rings. The molecule has 0 spiro atoms.